The van der Waals surface area contributed by atoms with E-state index in [-0.39, 0.29) is 17.9 Å². The molecule has 2 heterocycles. The second kappa shape index (κ2) is 9.94. The summed E-state index contributed by atoms with van der Waals surface area (Å²) in [5, 5.41) is 3.13. The molecule has 0 saturated carbocycles. The van der Waals surface area contributed by atoms with Crippen LogP contribution in [0.4, 0.5) is 0 Å². The van der Waals surface area contributed by atoms with Crippen LogP contribution in [0.1, 0.15) is 42.7 Å². The van der Waals surface area contributed by atoms with Crippen molar-refractivity contribution in [3.8, 4) is 11.1 Å². The predicted molar refractivity (Wildman–Crippen MR) is 128 cm³/mol. The second-order valence-electron chi connectivity index (χ2n) is 9.03. The van der Waals surface area contributed by atoms with Crippen LogP contribution in [0.2, 0.25) is 0 Å². The summed E-state index contributed by atoms with van der Waals surface area (Å²) in [5.41, 5.74) is 2.94. The first-order valence-corrected chi connectivity index (χ1v) is 11.5. The van der Waals surface area contributed by atoms with Crippen molar-refractivity contribution in [1.82, 2.24) is 20.2 Å². The van der Waals surface area contributed by atoms with E-state index in [1.165, 1.54) is 12.4 Å². The molecule has 33 heavy (non-hydrogen) atoms. The first-order chi connectivity index (χ1) is 16.0. The lowest BCUT2D eigenvalue weighted by atomic mass is 9.73. The highest BCUT2D eigenvalue weighted by Gasteiger charge is 2.44. The van der Waals surface area contributed by atoms with Crippen molar-refractivity contribution in [3.63, 3.8) is 0 Å². The van der Waals surface area contributed by atoms with E-state index in [4.69, 9.17) is 0 Å². The molecule has 1 atom stereocenters. The zero-order chi connectivity index (χ0) is 23.3. The van der Waals surface area contributed by atoms with E-state index in [1.807, 2.05) is 44.2 Å². The Balaban J connectivity index is 1.69. The molecule has 6 heteroatoms. The van der Waals surface area contributed by atoms with Gasteiger partial charge in [-0.25, -0.2) is 4.98 Å². The average Bonchev–Trinajstić information content (AvgIpc) is 2.85. The molecule has 1 fully saturated rings. The Morgan fingerprint density at radius 2 is 1.82 bits per heavy atom. The first-order valence-electron chi connectivity index (χ1n) is 11.5. The second-order valence-corrected chi connectivity index (χ2v) is 9.03. The van der Waals surface area contributed by atoms with Gasteiger partial charge in [-0.1, -0.05) is 54.6 Å². The van der Waals surface area contributed by atoms with Gasteiger partial charge in [0.1, 0.15) is 5.69 Å². The number of hydrogen-bond donors (Lipinski definition) is 1. The molecule has 0 spiro atoms. The van der Waals surface area contributed by atoms with E-state index in [2.05, 4.69) is 39.6 Å². The van der Waals surface area contributed by atoms with Gasteiger partial charge in [0, 0.05) is 31.5 Å². The first kappa shape index (κ1) is 22.6. The topological polar surface area (TPSA) is 75.2 Å². The SMILES string of the molecule is CC(C)NC(=O)C1(Cc2ccccc2-c2ccccc2)CCCN(C(=O)c2cnccn2)C1. The van der Waals surface area contributed by atoms with Crippen LogP contribution in [0.3, 0.4) is 0 Å². The van der Waals surface area contributed by atoms with E-state index in [0.29, 0.717) is 25.2 Å². The maximum Gasteiger partial charge on any atom is 0.274 e. The number of nitrogens with one attached hydrogen (secondary N) is 1. The molecule has 3 aromatic rings. The highest BCUT2D eigenvalue weighted by atomic mass is 16.2. The van der Waals surface area contributed by atoms with Crippen LogP contribution in [-0.2, 0) is 11.2 Å². The summed E-state index contributed by atoms with van der Waals surface area (Å²) >= 11 is 0. The van der Waals surface area contributed by atoms with E-state index in [9.17, 15) is 9.59 Å². The van der Waals surface area contributed by atoms with Gasteiger partial charge in [0.25, 0.3) is 5.91 Å². The third kappa shape index (κ3) is 5.11. The number of hydrogen-bond acceptors (Lipinski definition) is 4. The monoisotopic (exact) mass is 442 g/mol. The van der Waals surface area contributed by atoms with Gasteiger partial charge in [0.05, 0.1) is 11.6 Å². The molecule has 6 nitrogen and oxygen atoms in total. The van der Waals surface area contributed by atoms with E-state index in [0.717, 1.165) is 29.5 Å². The van der Waals surface area contributed by atoms with Gasteiger partial charge >= 0.3 is 0 Å². The van der Waals surface area contributed by atoms with Crippen LogP contribution in [0, 0.1) is 5.41 Å². The molecule has 4 rings (SSSR count). The summed E-state index contributed by atoms with van der Waals surface area (Å²) in [6.45, 7) is 4.89. The molecule has 2 aromatic carbocycles. The van der Waals surface area contributed by atoms with Crippen LogP contribution in [-0.4, -0.2) is 45.8 Å². The van der Waals surface area contributed by atoms with Crippen LogP contribution >= 0.6 is 0 Å². The van der Waals surface area contributed by atoms with E-state index < -0.39 is 5.41 Å². The fourth-order valence-corrected chi connectivity index (χ4v) is 4.64. The molecule has 1 aliphatic rings. The van der Waals surface area contributed by atoms with Gasteiger partial charge in [-0.05, 0) is 49.8 Å². The van der Waals surface area contributed by atoms with Crippen LogP contribution in [0.25, 0.3) is 11.1 Å². The summed E-state index contributed by atoms with van der Waals surface area (Å²) in [6, 6.07) is 18.5. The summed E-state index contributed by atoms with van der Waals surface area (Å²) < 4.78 is 0. The maximum atomic E-state index is 13.6. The Labute approximate surface area is 195 Å². The third-order valence-electron chi connectivity index (χ3n) is 6.18. The standard InChI is InChI=1S/C27H30N4O2/c1-20(2)30-26(33)27(13-8-16-31(19-27)25(32)24-18-28-14-15-29-24)17-22-11-6-7-12-23(22)21-9-4-3-5-10-21/h3-7,9-12,14-15,18,20H,8,13,16-17,19H2,1-2H3,(H,30,33). The average molecular weight is 443 g/mol. The lowest BCUT2D eigenvalue weighted by Crippen LogP contribution is -2.55. The highest BCUT2D eigenvalue weighted by Crippen LogP contribution is 2.37. The van der Waals surface area contributed by atoms with Gasteiger partial charge in [-0.15, -0.1) is 0 Å². The Bertz CT molecular complexity index is 1100. The van der Waals surface area contributed by atoms with Crippen molar-refractivity contribution in [2.24, 2.45) is 5.41 Å². The summed E-state index contributed by atoms with van der Waals surface area (Å²) in [5.74, 6) is -0.183. The van der Waals surface area contributed by atoms with Crippen molar-refractivity contribution in [2.45, 2.75) is 39.2 Å². The minimum absolute atomic E-state index is 0.00277. The molecule has 0 bridgehead atoms. The van der Waals surface area contributed by atoms with E-state index >= 15 is 0 Å². The van der Waals surface area contributed by atoms with Crippen LogP contribution < -0.4 is 5.32 Å². The zero-order valence-corrected chi connectivity index (χ0v) is 19.2. The minimum Gasteiger partial charge on any atom is -0.353 e. The zero-order valence-electron chi connectivity index (χ0n) is 19.2. The Hall–Kier alpha value is -3.54. The van der Waals surface area contributed by atoms with Crippen molar-refractivity contribution in [3.05, 3.63) is 84.4 Å². The van der Waals surface area contributed by atoms with Gasteiger partial charge < -0.3 is 10.2 Å². The van der Waals surface area contributed by atoms with Crippen molar-refractivity contribution in [2.75, 3.05) is 13.1 Å². The maximum absolute atomic E-state index is 13.6. The largest absolute Gasteiger partial charge is 0.353 e. The number of carbonyl (C=O) groups excluding carboxylic acids is 2. The Morgan fingerprint density at radius 1 is 1.06 bits per heavy atom. The third-order valence-corrected chi connectivity index (χ3v) is 6.18. The number of amides is 2. The summed E-state index contributed by atoms with van der Waals surface area (Å²) in [4.78, 5) is 36.8. The molecule has 1 aliphatic heterocycles. The van der Waals surface area contributed by atoms with Gasteiger partial charge in [0.15, 0.2) is 0 Å². The predicted octanol–water partition coefficient (Wildman–Crippen LogP) is 4.13. The van der Waals surface area contributed by atoms with Crippen LogP contribution in [0.5, 0.6) is 0 Å². The molecule has 1 aromatic heterocycles. The van der Waals surface area contributed by atoms with Crippen molar-refractivity contribution >= 4 is 11.8 Å². The van der Waals surface area contributed by atoms with Crippen LogP contribution in [0.15, 0.2) is 73.2 Å². The molecule has 2 amide bonds. The number of rotatable bonds is 6. The molecule has 0 aliphatic carbocycles. The summed E-state index contributed by atoms with van der Waals surface area (Å²) in [7, 11) is 0. The van der Waals surface area contributed by atoms with Gasteiger partial charge in [-0.2, -0.15) is 0 Å². The molecular formula is C27H30N4O2. The lowest BCUT2D eigenvalue weighted by Gasteiger charge is -2.42. The lowest BCUT2D eigenvalue weighted by molar-refractivity contribution is -0.134. The molecule has 1 unspecified atom stereocenters. The molecule has 1 N–H and O–H groups in total. The Morgan fingerprint density at radius 3 is 2.55 bits per heavy atom. The quantitative estimate of drug-likeness (QED) is 0.623. The summed E-state index contributed by atoms with van der Waals surface area (Å²) in [6.07, 6.45) is 6.59. The van der Waals surface area contributed by atoms with Crippen molar-refractivity contribution < 1.29 is 9.59 Å². The molecular weight excluding hydrogens is 412 g/mol. The van der Waals surface area contributed by atoms with E-state index in [1.54, 1.807) is 11.1 Å². The number of likely N-dealkylation sites (tertiary alicyclic amines) is 1. The number of carbonyl (C=O) groups is 2. The fraction of sp³-hybridized carbons (Fsp3) is 0.333. The number of aromatic nitrogens is 2. The normalized spacial score (nSPS) is 18.2. The number of piperidine rings is 1. The Kier molecular flexibility index (Phi) is 6.82. The van der Waals surface area contributed by atoms with Gasteiger partial charge in [-0.3, -0.25) is 14.6 Å². The van der Waals surface area contributed by atoms with Crippen molar-refractivity contribution in [1.29, 1.82) is 0 Å². The fourth-order valence-electron chi connectivity index (χ4n) is 4.64. The number of benzene rings is 2. The smallest absolute Gasteiger partial charge is 0.274 e. The highest BCUT2D eigenvalue weighted by molar-refractivity contribution is 5.93. The number of nitrogens with zero attached hydrogens (tertiary/aromatic N) is 3. The molecule has 170 valence electrons. The van der Waals surface area contributed by atoms with Gasteiger partial charge in [0.2, 0.25) is 5.91 Å². The minimum atomic E-state index is -0.717. The molecule has 0 radical (unpaired) electrons. The molecule has 1 saturated heterocycles.